The van der Waals surface area contributed by atoms with E-state index in [-0.39, 0.29) is 0 Å². The first-order chi connectivity index (χ1) is 5.75. The van der Waals surface area contributed by atoms with Crippen molar-refractivity contribution in [3.05, 3.63) is 12.4 Å². The van der Waals surface area contributed by atoms with Crippen LogP contribution in [0.4, 0.5) is 4.79 Å². The van der Waals surface area contributed by atoms with Crippen LogP contribution in [0.25, 0.3) is 0 Å². The van der Waals surface area contributed by atoms with E-state index in [1.165, 1.54) is 6.20 Å². The van der Waals surface area contributed by atoms with Crippen LogP contribution in [-0.2, 0) is 0 Å². The summed E-state index contributed by atoms with van der Waals surface area (Å²) in [7, 11) is 0. The zero-order chi connectivity index (χ0) is 8.55. The molecule has 2 N–H and O–H groups in total. The van der Waals surface area contributed by atoms with Gasteiger partial charge in [-0.3, -0.25) is 4.68 Å². The Morgan fingerprint density at radius 3 is 3.08 bits per heavy atom. The lowest BCUT2D eigenvalue weighted by atomic mass is 10.6. The van der Waals surface area contributed by atoms with E-state index in [4.69, 9.17) is 5.73 Å². The van der Waals surface area contributed by atoms with E-state index in [9.17, 15) is 4.79 Å². The number of nitrogens with two attached hydrogens (primary N) is 1. The highest BCUT2D eigenvalue weighted by molar-refractivity contribution is 5.67. The summed E-state index contributed by atoms with van der Waals surface area (Å²) in [6.45, 7) is 0. The van der Waals surface area contributed by atoms with Crippen LogP contribution in [0.3, 0.4) is 0 Å². The number of rotatable bonds is 2. The number of amides is 1. The Morgan fingerprint density at radius 2 is 2.50 bits per heavy atom. The molecular formula is C7H9N3O2. The van der Waals surface area contributed by atoms with Crippen LogP contribution in [0, 0.1) is 0 Å². The third kappa shape index (κ3) is 1.39. The zero-order valence-electron chi connectivity index (χ0n) is 6.43. The van der Waals surface area contributed by atoms with Gasteiger partial charge in [0.2, 0.25) is 0 Å². The van der Waals surface area contributed by atoms with Gasteiger partial charge >= 0.3 is 6.09 Å². The van der Waals surface area contributed by atoms with Gasteiger partial charge in [0, 0.05) is 0 Å². The van der Waals surface area contributed by atoms with Gasteiger partial charge in [-0.15, -0.1) is 0 Å². The predicted molar refractivity (Wildman–Crippen MR) is 40.7 cm³/mol. The summed E-state index contributed by atoms with van der Waals surface area (Å²) in [6, 6.07) is 0.496. The molecule has 1 aliphatic rings. The normalized spacial score (nSPS) is 16.0. The first-order valence-electron chi connectivity index (χ1n) is 3.77. The molecule has 1 aliphatic carbocycles. The molecule has 2 rings (SSSR count). The summed E-state index contributed by atoms with van der Waals surface area (Å²) < 4.78 is 6.42. The van der Waals surface area contributed by atoms with Crippen LogP contribution in [0.15, 0.2) is 12.4 Å². The third-order valence-electron chi connectivity index (χ3n) is 1.72. The largest absolute Gasteiger partial charge is 0.410 e. The van der Waals surface area contributed by atoms with Crippen molar-refractivity contribution in [1.29, 1.82) is 0 Å². The molecule has 5 nitrogen and oxygen atoms in total. The standard InChI is InChI=1S/C7H9N3O2/c8-7(11)12-6-3-9-10(4-6)5-1-2-5/h3-5H,1-2H2,(H2,8,11). The molecule has 5 heteroatoms. The van der Waals surface area contributed by atoms with E-state index in [0.717, 1.165) is 12.8 Å². The van der Waals surface area contributed by atoms with E-state index < -0.39 is 6.09 Å². The van der Waals surface area contributed by atoms with Crippen molar-refractivity contribution in [2.75, 3.05) is 0 Å². The van der Waals surface area contributed by atoms with Crippen molar-refractivity contribution in [1.82, 2.24) is 9.78 Å². The molecule has 0 aliphatic heterocycles. The summed E-state index contributed by atoms with van der Waals surface area (Å²) >= 11 is 0. The fraction of sp³-hybridized carbons (Fsp3) is 0.429. The van der Waals surface area contributed by atoms with Crippen LogP contribution in [-0.4, -0.2) is 15.9 Å². The van der Waals surface area contributed by atoms with Crippen molar-refractivity contribution < 1.29 is 9.53 Å². The summed E-state index contributed by atoms with van der Waals surface area (Å²) in [5, 5.41) is 4.02. The smallest absolute Gasteiger partial charge is 0.407 e. The predicted octanol–water partition coefficient (Wildman–Crippen LogP) is 0.675. The topological polar surface area (TPSA) is 70.1 Å². The average molecular weight is 167 g/mol. The first-order valence-corrected chi connectivity index (χ1v) is 3.77. The fourth-order valence-electron chi connectivity index (χ4n) is 1.03. The number of carbonyl (C=O) groups is 1. The molecule has 0 radical (unpaired) electrons. The van der Waals surface area contributed by atoms with Gasteiger partial charge in [0.15, 0.2) is 5.75 Å². The molecule has 0 saturated heterocycles. The third-order valence-corrected chi connectivity index (χ3v) is 1.72. The molecule has 0 bridgehead atoms. The lowest BCUT2D eigenvalue weighted by Gasteiger charge is -1.94. The zero-order valence-corrected chi connectivity index (χ0v) is 6.43. The maximum Gasteiger partial charge on any atom is 0.410 e. The number of hydrogen-bond donors (Lipinski definition) is 1. The molecule has 64 valence electrons. The number of primary amides is 1. The van der Waals surface area contributed by atoms with Crippen LogP contribution in [0.2, 0.25) is 0 Å². The highest BCUT2D eigenvalue weighted by Gasteiger charge is 2.24. The fourth-order valence-corrected chi connectivity index (χ4v) is 1.03. The highest BCUT2D eigenvalue weighted by Crippen LogP contribution is 2.34. The van der Waals surface area contributed by atoms with E-state index in [0.29, 0.717) is 11.8 Å². The lowest BCUT2D eigenvalue weighted by molar-refractivity contribution is 0.211. The summed E-state index contributed by atoms with van der Waals surface area (Å²) in [5.41, 5.74) is 4.83. The Morgan fingerprint density at radius 1 is 1.75 bits per heavy atom. The van der Waals surface area contributed by atoms with Crippen molar-refractivity contribution >= 4 is 6.09 Å². The highest BCUT2D eigenvalue weighted by atomic mass is 16.5. The SMILES string of the molecule is NC(=O)Oc1cnn(C2CC2)c1. The number of ether oxygens (including phenoxy) is 1. The second-order valence-corrected chi connectivity index (χ2v) is 2.81. The molecule has 1 aromatic rings. The Hall–Kier alpha value is -1.52. The minimum atomic E-state index is -0.801. The molecule has 0 atom stereocenters. The molecule has 1 saturated carbocycles. The molecule has 1 heterocycles. The Labute approximate surface area is 69.1 Å². The molecule has 12 heavy (non-hydrogen) atoms. The molecule has 1 fully saturated rings. The van der Waals surface area contributed by atoms with E-state index in [2.05, 4.69) is 9.84 Å². The van der Waals surface area contributed by atoms with Gasteiger partial charge in [0.05, 0.1) is 18.4 Å². The lowest BCUT2D eigenvalue weighted by Crippen LogP contribution is -2.15. The number of carbonyl (C=O) groups excluding carboxylic acids is 1. The molecule has 0 aromatic carbocycles. The number of nitrogens with zero attached hydrogens (tertiary/aromatic N) is 2. The van der Waals surface area contributed by atoms with Gasteiger partial charge in [-0.05, 0) is 12.8 Å². The Bertz CT molecular complexity index is 303. The summed E-state index contributed by atoms with van der Waals surface area (Å²) in [4.78, 5) is 10.3. The Balaban J connectivity index is 2.07. The molecule has 0 spiro atoms. The van der Waals surface area contributed by atoms with Crippen LogP contribution in [0.1, 0.15) is 18.9 Å². The Kier molecular flexibility index (Phi) is 1.49. The van der Waals surface area contributed by atoms with Crippen molar-refractivity contribution in [2.24, 2.45) is 5.73 Å². The molecule has 0 unspecified atom stereocenters. The number of aromatic nitrogens is 2. The minimum absolute atomic E-state index is 0.411. The van der Waals surface area contributed by atoms with Crippen molar-refractivity contribution in [3.63, 3.8) is 0 Å². The monoisotopic (exact) mass is 167 g/mol. The van der Waals surface area contributed by atoms with Crippen molar-refractivity contribution in [3.8, 4) is 5.75 Å². The second-order valence-electron chi connectivity index (χ2n) is 2.81. The van der Waals surface area contributed by atoms with E-state index in [1.807, 2.05) is 0 Å². The van der Waals surface area contributed by atoms with E-state index in [1.54, 1.807) is 10.9 Å². The summed E-state index contributed by atoms with van der Waals surface area (Å²) in [5.74, 6) is 0.411. The molecular weight excluding hydrogens is 158 g/mol. The minimum Gasteiger partial charge on any atom is -0.407 e. The van der Waals surface area contributed by atoms with Crippen molar-refractivity contribution in [2.45, 2.75) is 18.9 Å². The van der Waals surface area contributed by atoms with E-state index >= 15 is 0 Å². The average Bonchev–Trinajstić information content (AvgIpc) is 2.73. The second kappa shape index (κ2) is 2.51. The number of hydrogen-bond acceptors (Lipinski definition) is 3. The van der Waals surface area contributed by atoms with Gasteiger partial charge in [-0.2, -0.15) is 5.10 Å². The molecule has 1 amide bonds. The van der Waals surface area contributed by atoms with Crippen LogP contribution < -0.4 is 10.5 Å². The quantitative estimate of drug-likeness (QED) is 0.703. The summed E-state index contributed by atoms with van der Waals surface area (Å²) in [6.07, 6.45) is 4.67. The van der Waals surface area contributed by atoms with Gasteiger partial charge < -0.3 is 10.5 Å². The van der Waals surface area contributed by atoms with Gasteiger partial charge in [0.25, 0.3) is 0 Å². The van der Waals surface area contributed by atoms with Gasteiger partial charge in [0.1, 0.15) is 0 Å². The first kappa shape index (κ1) is 7.15. The maximum absolute atomic E-state index is 10.3. The van der Waals surface area contributed by atoms with Gasteiger partial charge in [-0.1, -0.05) is 0 Å². The maximum atomic E-state index is 10.3. The van der Waals surface area contributed by atoms with Gasteiger partial charge in [-0.25, -0.2) is 4.79 Å². The van der Waals surface area contributed by atoms with Crippen LogP contribution >= 0.6 is 0 Å². The van der Waals surface area contributed by atoms with Crippen LogP contribution in [0.5, 0.6) is 5.75 Å². The molecule has 1 aromatic heterocycles.